The van der Waals surface area contributed by atoms with Gasteiger partial charge in [0.1, 0.15) is 5.82 Å². The molecule has 1 aromatic heterocycles. The Morgan fingerprint density at radius 2 is 2.19 bits per heavy atom. The second-order valence-corrected chi connectivity index (χ2v) is 7.45. The fourth-order valence-electron chi connectivity index (χ4n) is 3.57. The van der Waals surface area contributed by atoms with Crippen molar-refractivity contribution in [3.05, 3.63) is 39.4 Å². The van der Waals surface area contributed by atoms with Gasteiger partial charge in [-0.2, -0.15) is 0 Å². The number of rotatable bonds is 5. The van der Waals surface area contributed by atoms with E-state index >= 15 is 0 Å². The van der Waals surface area contributed by atoms with Gasteiger partial charge in [0.25, 0.3) is 5.56 Å². The molecule has 0 bridgehead atoms. The maximum absolute atomic E-state index is 13.0. The Morgan fingerprint density at radius 1 is 1.41 bits per heavy atom. The van der Waals surface area contributed by atoms with Gasteiger partial charge < -0.3 is 15.2 Å². The molecule has 6 nitrogen and oxygen atoms in total. The number of nitrogens with one attached hydrogen (secondary N) is 2. The molecule has 1 fully saturated rings. The molecular weight excluding hydrogens is 387 g/mol. The average molecular weight is 413 g/mol. The van der Waals surface area contributed by atoms with Crippen molar-refractivity contribution in [1.82, 2.24) is 20.2 Å². The first kappa shape index (κ1) is 21.7. The standard InChI is InChI=1S/C19H25ClN4O2.ClH/c1-3-8-24(19(26)13-6-7-21-12(2)9-13)11-17-22-16-10-14(20)4-5-15(16)18(25)23-17;/h4-5,10,12-13,21H,3,6-9,11H2,1-2H3,(H,22,23,25);1H/t12-,13-;/m0./s1. The molecule has 2 atom stereocenters. The number of aromatic nitrogens is 2. The smallest absolute Gasteiger partial charge is 0.258 e. The van der Waals surface area contributed by atoms with Crippen LogP contribution in [0.2, 0.25) is 5.02 Å². The second-order valence-electron chi connectivity index (χ2n) is 7.01. The molecule has 0 spiro atoms. The Kier molecular flexibility index (Phi) is 7.65. The van der Waals surface area contributed by atoms with Crippen LogP contribution in [-0.4, -0.2) is 39.9 Å². The number of piperidine rings is 1. The summed E-state index contributed by atoms with van der Waals surface area (Å²) in [6, 6.07) is 5.36. The average Bonchev–Trinajstić information content (AvgIpc) is 2.60. The fourth-order valence-corrected chi connectivity index (χ4v) is 3.73. The Labute approximate surface area is 170 Å². The summed E-state index contributed by atoms with van der Waals surface area (Å²) in [7, 11) is 0. The van der Waals surface area contributed by atoms with Crippen molar-refractivity contribution in [3.63, 3.8) is 0 Å². The van der Waals surface area contributed by atoms with Crippen LogP contribution in [0.25, 0.3) is 10.9 Å². The third-order valence-electron chi connectivity index (χ3n) is 4.84. The van der Waals surface area contributed by atoms with Gasteiger partial charge >= 0.3 is 0 Å². The van der Waals surface area contributed by atoms with Crippen LogP contribution in [0.4, 0.5) is 0 Å². The Bertz CT molecular complexity index is 855. The Balaban J connectivity index is 0.00000261. The number of hydrogen-bond acceptors (Lipinski definition) is 4. The van der Waals surface area contributed by atoms with E-state index in [0.717, 1.165) is 25.8 Å². The van der Waals surface area contributed by atoms with Crippen LogP contribution in [0.3, 0.4) is 0 Å². The molecule has 0 saturated carbocycles. The van der Waals surface area contributed by atoms with Crippen molar-refractivity contribution >= 4 is 40.8 Å². The first-order valence-corrected chi connectivity index (χ1v) is 9.56. The molecule has 1 amide bonds. The maximum Gasteiger partial charge on any atom is 0.258 e. The fraction of sp³-hybridized carbons (Fsp3) is 0.526. The molecule has 0 radical (unpaired) electrons. The van der Waals surface area contributed by atoms with Crippen molar-refractivity contribution in [2.75, 3.05) is 13.1 Å². The molecule has 2 aromatic rings. The van der Waals surface area contributed by atoms with E-state index in [4.69, 9.17) is 11.6 Å². The van der Waals surface area contributed by atoms with Crippen molar-refractivity contribution in [2.45, 2.75) is 45.7 Å². The third-order valence-corrected chi connectivity index (χ3v) is 5.07. The van der Waals surface area contributed by atoms with E-state index in [0.29, 0.717) is 40.9 Å². The molecular formula is C19H26Cl2N4O2. The molecule has 0 aliphatic carbocycles. The highest BCUT2D eigenvalue weighted by Crippen LogP contribution is 2.20. The molecule has 27 heavy (non-hydrogen) atoms. The van der Waals surface area contributed by atoms with Crippen LogP contribution < -0.4 is 10.9 Å². The van der Waals surface area contributed by atoms with Crippen LogP contribution in [-0.2, 0) is 11.3 Å². The molecule has 1 aliphatic rings. The number of fused-ring (bicyclic) bond motifs is 1. The van der Waals surface area contributed by atoms with E-state index in [2.05, 4.69) is 22.2 Å². The van der Waals surface area contributed by atoms with Gasteiger partial charge in [-0.1, -0.05) is 18.5 Å². The van der Waals surface area contributed by atoms with Crippen molar-refractivity contribution in [1.29, 1.82) is 0 Å². The van der Waals surface area contributed by atoms with Gasteiger partial charge in [0, 0.05) is 23.5 Å². The number of aromatic amines is 1. The number of carbonyl (C=O) groups is 1. The Morgan fingerprint density at radius 3 is 2.89 bits per heavy atom. The first-order valence-electron chi connectivity index (χ1n) is 9.18. The molecule has 1 aliphatic heterocycles. The monoisotopic (exact) mass is 412 g/mol. The molecule has 148 valence electrons. The summed E-state index contributed by atoms with van der Waals surface area (Å²) < 4.78 is 0. The predicted molar refractivity (Wildman–Crippen MR) is 111 cm³/mol. The minimum atomic E-state index is -0.207. The van der Waals surface area contributed by atoms with Gasteiger partial charge in [0.2, 0.25) is 5.91 Å². The summed E-state index contributed by atoms with van der Waals surface area (Å²) in [6.45, 7) is 5.97. The summed E-state index contributed by atoms with van der Waals surface area (Å²) >= 11 is 6.02. The third kappa shape index (κ3) is 5.21. The number of carbonyl (C=O) groups excluding carboxylic acids is 1. The van der Waals surface area contributed by atoms with E-state index in [-0.39, 0.29) is 29.8 Å². The first-order chi connectivity index (χ1) is 12.5. The van der Waals surface area contributed by atoms with E-state index < -0.39 is 0 Å². The van der Waals surface area contributed by atoms with Crippen molar-refractivity contribution < 1.29 is 4.79 Å². The lowest BCUT2D eigenvalue weighted by Crippen LogP contribution is -2.44. The zero-order valence-corrected chi connectivity index (χ0v) is 17.2. The van der Waals surface area contributed by atoms with E-state index in [1.54, 1.807) is 18.2 Å². The van der Waals surface area contributed by atoms with Crippen LogP contribution >= 0.6 is 24.0 Å². The van der Waals surface area contributed by atoms with Crippen LogP contribution in [0.1, 0.15) is 38.9 Å². The highest BCUT2D eigenvalue weighted by atomic mass is 35.5. The van der Waals surface area contributed by atoms with Gasteiger partial charge in [0.05, 0.1) is 17.4 Å². The number of benzene rings is 1. The lowest BCUT2D eigenvalue weighted by atomic mass is 9.92. The summed E-state index contributed by atoms with van der Waals surface area (Å²) in [5, 5.41) is 4.41. The largest absolute Gasteiger partial charge is 0.335 e. The van der Waals surface area contributed by atoms with Gasteiger partial charge in [-0.15, -0.1) is 12.4 Å². The van der Waals surface area contributed by atoms with Gasteiger partial charge in [-0.25, -0.2) is 4.98 Å². The van der Waals surface area contributed by atoms with E-state index in [1.165, 1.54) is 0 Å². The van der Waals surface area contributed by atoms with E-state index in [9.17, 15) is 9.59 Å². The topological polar surface area (TPSA) is 78.1 Å². The zero-order valence-electron chi connectivity index (χ0n) is 15.6. The van der Waals surface area contributed by atoms with Crippen LogP contribution in [0.5, 0.6) is 0 Å². The summed E-state index contributed by atoms with van der Waals surface area (Å²) in [6.07, 6.45) is 2.55. The molecule has 2 N–H and O–H groups in total. The second kappa shape index (κ2) is 9.53. The minimum absolute atomic E-state index is 0. The van der Waals surface area contributed by atoms with Gasteiger partial charge in [0.15, 0.2) is 0 Å². The molecule has 0 unspecified atom stereocenters. The summed E-state index contributed by atoms with van der Waals surface area (Å²) in [4.78, 5) is 34.5. The van der Waals surface area contributed by atoms with Crippen LogP contribution in [0.15, 0.2) is 23.0 Å². The quantitative estimate of drug-likeness (QED) is 0.790. The summed E-state index contributed by atoms with van der Waals surface area (Å²) in [5.41, 5.74) is 0.344. The zero-order chi connectivity index (χ0) is 18.7. The van der Waals surface area contributed by atoms with Crippen molar-refractivity contribution in [2.24, 2.45) is 5.92 Å². The summed E-state index contributed by atoms with van der Waals surface area (Å²) in [5.74, 6) is 0.669. The van der Waals surface area contributed by atoms with E-state index in [1.807, 2.05) is 11.8 Å². The normalized spacial score (nSPS) is 19.5. The number of H-pyrrole nitrogens is 1. The SMILES string of the molecule is CCCN(Cc1nc2cc(Cl)ccc2c(=O)[nH]1)C(=O)[C@H]1CCN[C@@H](C)C1.Cl. The highest BCUT2D eigenvalue weighted by molar-refractivity contribution is 6.31. The number of hydrogen-bond donors (Lipinski definition) is 2. The Hall–Kier alpha value is -1.63. The maximum atomic E-state index is 13.0. The molecule has 2 heterocycles. The molecule has 8 heteroatoms. The number of halogens is 2. The molecule has 3 rings (SSSR count). The molecule has 1 saturated heterocycles. The van der Waals surface area contributed by atoms with Crippen molar-refractivity contribution in [3.8, 4) is 0 Å². The molecule has 1 aromatic carbocycles. The van der Waals surface area contributed by atoms with Gasteiger partial charge in [-0.3, -0.25) is 9.59 Å². The van der Waals surface area contributed by atoms with Gasteiger partial charge in [-0.05, 0) is 50.9 Å². The predicted octanol–water partition coefficient (Wildman–Crippen LogP) is 3.13. The highest BCUT2D eigenvalue weighted by Gasteiger charge is 2.28. The lowest BCUT2D eigenvalue weighted by molar-refractivity contribution is -0.137. The number of amides is 1. The van der Waals surface area contributed by atoms with Crippen LogP contribution in [0, 0.1) is 5.92 Å². The minimum Gasteiger partial charge on any atom is -0.335 e. The lowest BCUT2D eigenvalue weighted by Gasteiger charge is -2.32. The number of nitrogens with zero attached hydrogens (tertiary/aromatic N) is 2.